The molecule has 0 aromatic carbocycles. The second-order valence-corrected chi connectivity index (χ2v) is 7.44. The molecule has 0 aromatic heterocycles. The molecule has 3 heteroatoms. The fraction of sp³-hybridized carbons (Fsp3) is 1.00. The van der Waals surface area contributed by atoms with Crippen LogP contribution in [-0.2, 0) is 4.74 Å². The fourth-order valence-electron chi connectivity index (χ4n) is 4.64. The van der Waals surface area contributed by atoms with E-state index in [4.69, 9.17) is 4.74 Å². The standard InChI is InChI=1S/C15H26N2O/c1-11(2)13-14(5-6-14)9-16-15(18-13)10-17-7-3-12(15)4-8-17/h11-13,16H,3-10H2,1-2H3. The van der Waals surface area contributed by atoms with E-state index in [1.54, 1.807) is 0 Å². The van der Waals surface area contributed by atoms with Crippen LogP contribution in [0.3, 0.4) is 0 Å². The lowest BCUT2D eigenvalue weighted by molar-refractivity contribution is -0.246. The Hall–Kier alpha value is -0.120. The molecular formula is C15H26N2O. The number of ether oxygens (including phenoxy) is 1. The summed E-state index contributed by atoms with van der Waals surface area (Å²) in [5, 5.41) is 3.84. The van der Waals surface area contributed by atoms with Gasteiger partial charge in [-0.2, -0.15) is 0 Å². The number of nitrogens with zero attached hydrogens (tertiary/aromatic N) is 1. The van der Waals surface area contributed by atoms with Gasteiger partial charge < -0.3 is 4.74 Å². The summed E-state index contributed by atoms with van der Waals surface area (Å²) in [7, 11) is 0. The summed E-state index contributed by atoms with van der Waals surface area (Å²) >= 11 is 0. The molecular weight excluding hydrogens is 224 g/mol. The summed E-state index contributed by atoms with van der Waals surface area (Å²) in [5.74, 6) is 1.40. The van der Waals surface area contributed by atoms with Crippen molar-refractivity contribution >= 4 is 0 Å². The third-order valence-corrected chi connectivity index (χ3v) is 5.88. The number of rotatable bonds is 1. The Morgan fingerprint density at radius 1 is 1.22 bits per heavy atom. The molecule has 5 fully saturated rings. The van der Waals surface area contributed by atoms with E-state index < -0.39 is 0 Å². The second kappa shape index (κ2) is 3.71. The van der Waals surface area contributed by atoms with Crippen molar-refractivity contribution < 1.29 is 4.74 Å². The summed E-state index contributed by atoms with van der Waals surface area (Å²) in [6.45, 7) is 9.57. The highest BCUT2D eigenvalue weighted by Crippen LogP contribution is 2.56. The third kappa shape index (κ3) is 1.53. The molecule has 2 unspecified atom stereocenters. The molecule has 5 aliphatic rings. The van der Waals surface area contributed by atoms with Crippen molar-refractivity contribution in [2.24, 2.45) is 17.3 Å². The maximum absolute atomic E-state index is 6.74. The van der Waals surface area contributed by atoms with Gasteiger partial charge in [0.05, 0.1) is 6.10 Å². The van der Waals surface area contributed by atoms with Crippen LogP contribution < -0.4 is 5.32 Å². The van der Waals surface area contributed by atoms with Gasteiger partial charge in [-0.15, -0.1) is 0 Å². The summed E-state index contributed by atoms with van der Waals surface area (Å²) in [6, 6.07) is 0. The number of nitrogens with one attached hydrogen (secondary N) is 1. The Labute approximate surface area is 110 Å². The monoisotopic (exact) mass is 250 g/mol. The van der Waals surface area contributed by atoms with Gasteiger partial charge >= 0.3 is 0 Å². The van der Waals surface area contributed by atoms with Crippen molar-refractivity contribution in [3.8, 4) is 0 Å². The van der Waals surface area contributed by atoms with Crippen LogP contribution in [-0.4, -0.2) is 42.9 Å². The van der Waals surface area contributed by atoms with Gasteiger partial charge in [0.2, 0.25) is 0 Å². The first kappa shape index (κ1) is 11.7. The fourth-order valence-corrected chi connectivity index (χ4v) is 4.64. The largest absolute Gasteiger partial charge is 0.355 e. The molecule has 5 rings (SSSR count). The van der Waals surface area contributed by atoms with Crippen molar-refractivity contribution in [2.75, 3.05) is 26.2 Å². The van der Waals surface area contributed by atoms with Crippen molar-refractivity contribution in [1.29, 1.82) is 0 Å². The van der Waals surface area contributed by atoms with Crippen LogP contribution in [0.5, 0.6) is 0 Å². The van der Waals surface area contributed by atoms with E-state index in [1.165, 1.54) is 45.3 Å². The first-order chi connectivity index (χ1) is 8.64. The lowest BCUT2D eigenvalue weighted by atomic mass is 9.77. The normalized spacial score (nSPS) is 49.2. The minimum atomic E-state index is -0.000718. The summed E-state index contributed by atoms with van der Waals surface area (Å²) in [5.41, 5.74) is 0.491. The Morgan fingerprint density at radius 3 is 2.44 bits per heavy atom. The Kier molecular flexibility index (Phi) is 2.41. The highest BCUT2D eigenvalue weighted by molar-refractivity contribution is 5.10. The predicted molar refractivity (Wildman–Crippen MR) is 71.3 cm³/mol. The van der Waals surface area contributed by atoms with Crippen LogP contribution in [0.1, 0.15) is 39.5 Å². The summed E-state index contributed by atoms with van der Waals surface area (Å²) < 4.78 is 6.74. The van der Waals surface area contributed by atoms with Gasteiger partial charge in [-0.25, -0.2) is 0 Å². The van der Waals surface area contributed by atoms with E-state index in [0.29, 0.717) is 17.4 Å². The Bertz CT molecular complexity index is 344. The molecule has 1 saturated carbocycles. The molecule has 1 aliphatic carbocycles. The van der Waals surface area contributed by atoms with Gasteiger partial charge in [-0.3, -0.25) is 10.2 Å². The zero-order chi connectivity index (χ0) is 12.4. The molecule has 4 heterocycles. The number of fused-ring (bicyclic) bond motifs is 2. The zero-order valence-electron chi connectivity index (χ0n) is 11.7. The smallest absolute Gasteiger partial charge is 0.135 e. The molecule has 2 bridgehead atoms. The molecule has 4 aliphatic heterocycles. The van der Waals surface area contributed by atoms with Crippen molar-refractivity contribution in [3.63, 3.8) is 0 Å². The van der Waals surface area contributed by atoms with Crippen molar-refractivity contribution in [1.82, 2.24) is 10.2 Å². The second-order valence-electron chi connectivity index (χ2n) is 7.44. The SMILES string of the molecule is CC(C)C1OC2(CN3CCC2CC3)NCC12CC2. The van der Waals surface area contributed by atoms with Crippen LogP contribution in [0.15, 0.2) is 0 Å². The molecule has 1 N–H and O–H groups in total. The number of hydrogen-bond donors (Lipinski definition) is 1. The van der Waals surface area contributed by atoms with E-state index in [2.05, 4.69) is 24.1 Å². The summed E-state index contributed by atoms with van der Waals surface area (Å²) in [6.07, 6.45) is 5.87. The Morgan fingerprint density at radius 2 is 1.94 bits per heavy atom. The third-order valence-electron chi connectivity index (χ3n) is 5.88. The number of piperidine rings is 3. The summed E-state index contributed by atoms with van der Waals surface area (Å²) in [4.78, 5) is 2.59. The predicted octanol–water partition coefficient (Wildman–Crippen LogP) is 1.83. The van der Waals surface area contributed by atoms with Gasteiger partial charge in [-0.05, 0) is 44.7 Å². The van der Waals surface area contributed by atoms with E-state index in [1.807, 2.05) is 0 Å². The average molecular weight is 250 g/mol. The molecule has 0 aromatic rings. The molecule has 2 atom stereocenters. The van der Waals surface area contributed by atoms with Crippen LogP contribution >= 0.6 is 0 Å². The lowest BCUT2D eigenvalue weighted by Gasteiger charge is -2.58. The van der Waals surface area contributed by atoms with Crippen LogP contribution in [0.25, 0.3) is 0 Å². The van der Waals surface area contributed by atoms with E-state index in [0.717, 1.165) is 12.5 Å². The maximum atomic E-state index is 6.74. The lowest BCUT2D eigenvalue weighted by Crippen LogP contribution is -2.72. The molecule has 0 radical (unpaired) electrons. The zero-order valence-corrected chi connectivity index (χ0v) is 11.7. The average Bonchev–Trinajstić information content (AvgIpc) is 3.15. The van der Waals surface area contributed by atoms with Crippen molar-refractivity contribution in [2.45, 2.75) is 51.4 Å². The van der Waals surface area contributed by atoms with E-state index >= 15 is 0 Å². The molecule has 3 nitrogen and oxygen atoms in total. The van der Waals surface area contributed by atoms with E-state index in [9.17, 15) is 0 Å². The molecule has 0 amide bonds. The molecule has 18 heavy (non-hydrogen) atoms. The first-order valence-corrected chi connectivity index (χ1v) is 7.79. The van der Waals surface area contributed by atoms with Crippen LogP contribution in [0, 0.1) is 17.3 Å². The van der Waals surface area contributed by atoms with Crippen LogP contribution in [0.2, 0.25) is 0 Å². The van der Waals surface area contributed by atoms with Gasteiger partial charge in [0, 0.05) is 24.4 Å². The molecule has 2 spiro atoms. The van der Waals surface area contributed by atoms with Gasteiger partial charge in [-0.1, -0.05) is 13.8 Å². The quantitative estimate of drug-likeness (QED) is 0.768. The Balaban J connectivity index is 1.60. The minimum absolute atomic E-state index is 0.000718. The highest BCUT2D eigenvalue weighted by atomic mass is 16.5. The van der Waals surface area contributed by atoms with Gasteiger partial charge in [0.25, 0.3) is 0 Å². The van der Waals surface area contributed by atoms with Gasteiger partial charge in [0.1, 0.15) is 5.72 Å². The number of hydrogen-bond acceptors (Lipinski definition) is 3. The maximum Gasteiger partial charge on any atom is 0.135 e. The van der Waals surface area contributed by atoms with Crippen LogP contribution in [0.4, 0.5) is 0 Å². The minimum Gasteiger partial charge on any atom is -0.355 e. The first-order valence-electron chi connectivity index (χ1n) is 7.79. The topological polar surface area (TPSA) is 24.5 Å². The highest BCUT2D eigenvalue weighted by Gasteiger charge is 2.60. The molecule has 102 valence electrons. The van der Waals surface area contributed by atoms with Crippen molar-refractivity contribution in [3.05, 3.63) is 0 Å². The van der Waals surface area contributed by atoms with E-state index in [-0.39, 0.29) is 5.72 Å². The van der Waals surface area contributed by atoms with Gasteiger partial charge in [0.15, 0.2) is 0 Å². The molecule has 4 saturated heterocycles.